The van der Waals surface area contributed by atoms with Gasteiger partial charge in [0.2, 0.25) is 5.88 Å². The Kier molecular flexibility index (Phi) is 5.23. The molecule has 0 saturated carbocycles. The highest BCUT2D eigenvalue weighted by Crippen LogP contribution is 2.29. The lowest BCUT2D eigenvalue weighted by Gasteiger charge is -2.36. The molecule has 0 aliphatic carbocycles. The Morgan fingerprint density at radius 1 is 1.10 bits per heavy atom. The molecule has 1 aromatic carbocycles. The number of anilines is 1. The average molecular weight is 391 g/mol. The molecular formula is C22H25N5O2. The maximum Gasteiger partial charge on any atom is 0.224 e. The van der Waals surface area contributed by atoms with E-state index >= 15 is 0 Å². The number of ether oxygens (including phenoxy) is 2. The SMILES string of the molecule is c1cncc(CN2CCN(c3ccc4ncnc(OC5CCOC5)c4c3)CC2)c1. The van der Waals surface area contributed by atoms with Crippen molar-refractivity contribution in [2.24, 2.45) is 0 Å². The fourth-order valence-corrected chi connectivity index (χ4v) is 3.99. The molecule has 0 spiro atoms. The van der Waals surface area contributed by atoms with Crippen molar-refractivity contribution in [3.05, 3.63) is 54.6 Å². The monoisotopic (exact) mass is 391 g/mol. The summed E-state index contributed by atoms with van der Waals surface area (Å²) in [6.45, 7) is 6.38. The van der Waals surface area contributed by atoms with E-state index in [2.05, 4.69) is 49.0 Å². The van der Waals surface area contributed by atoms with Gasteiger partial charge in [-0.25, -0.2) is 9.97 Å². The van der Waals surface area contributed by atoms with E-state index in [0.29, 0.717) is 12.5 Å². The second kappa shape index (κ2) is 8.31. The highest BCUT2D eigenvalue weighted by atomic mass is 16.5. The number of piperazine rings is 1. The van der Waals surface area contributed by atoms with E-state index in [1.165, 1.54) is 11.3 Å². The van der Waals surface area contributed by atoms with Crippen molar-refractivity contribution in [1.82, 2.24) is 19.9 Å². The van der Waals surface area contributed by atoms with E-state index < -0.39 is 0 Å². The van der Waals surface area contributed by atoms with Crippen molar-refractivity contribution in [3.63, 3.8) is 0 Å². The Balaban J connectivity index is 1.29. The summed E-state index contributed by atoms with van der Waals surface area (Å²) >= 11 is 0. The molecule has 0 amide bonds. The normalized spacial score (nSPS) is 20.3. The molecule has 0 N–H and O–H groups in total. The molecule has 0 radical (unpaired) electrons. The van der Waals surface area contributed by atoms with Crippen molar-refractivity contribution < 1.29 is 9.47 Å². The number of aromatic nitrogens is 3. The molecule has 2 fully saturated rings. The first-order valence-electron chi connectivity index (χ1n) is 10.2. The molecule has 0 bridgehead atoms. The van der Waals surface area contributed by atoms with Crippen LogP contribution in [0.3, 0.4) is 0 Å². The maximum absolute atomic E-state index is 6.11. The number of hydrogen-bond acceptors (Lipinski definition) is 7. The van der Waals surface area contributed by atoms with E-state index in [4.69, 9.17) is 9.47 Å². The topological polar surface area (TPSA) is 63.6 Å². The Morgan fingerprint density at radius 2 is 2.03 bits per heavy atom. The van der Waals surface area contributed by atoms with Gasteiger partial charge in [-0.15, -0.1) is 0 Å². The van der Waals surface area contributed by atoms with Crippen molar-refractivity contribution in [1.29, 1.82) is 0 Å². The van der Waals surface area contributed by atoms with Gasteiger partial charge in [-0.3, -0.25) is 9.88 Å². The minimum atomic E-state index is 0.0766. The summed E-state index contributed by atoms with van der Waals surface area (Å²) in [6, 6.07) is 10.5. The van der Waals surface area contributed by atoms with Crippen LogP contribution >= 0.6 is 0 Å². The first-order valence-corrected chi connectivity index (χ1v) is 10.2. The number of fused-ring (bicyclic) bond motifs is 1. The summed E-state index contributed by atoms with van der Waals surface area (Å²) in [5.74, 6) is 0.655. The molecule has 5 rings (SSSR count). The quantitative estimate of drug-likeness (QED) is 0.662. The van der Waals surface area contributed by atoms with Crippen LogP contribution in [0.25, 0.3) is 10.9 Å². The van der Waals surface area contributed by atoms with Crippen molar-refractivity contribution in [3.8, 4) is 5.88 Å². The molecule has 7 nitrogen and oxygen atoms in total. The lowest BCUT2D eigenvalue weighted by molar-refractivity contribution is 0.139. The van der Waals surface area contributed by atoms with Gasteiger partial charge in [0.15, 0.2) is 0 Å². The molecular weight excluding hydrogens is 366 g/mol. The zero-order chi connectivity index (χ0) is 19.5. The summed E-state index contributed by atoms with van der Waals surface area (Å²) in [4.78, 5) is 17.9. The molecule has 1 unspecified atom stereocenters. The zero-order valence-corrected chi connectivity index (χ0v) is 16.4. The lowest BCUT2D eigenvalue weighted by atomic mass is 10.1. The van der Waals surface area contributed by atoms with E-state index in [9.17, 15) is 0 Å². The molecule has 3 aromatic rings. The third-order valence-electron chi connectivity index (χ3n) is 5.61. The molecule has 29 heavy (non-hydrogen) atoms. The van der Waals surface area contributed by atoms with Crippen LogP contribution in [0.15, 0.2) is 49.1 Å². The molecule has 2 saturated heterocycles. The first-order chi connectivity index (χ1) is 14.3. The van der Waals surface area contributed by atoms with Gasteiger partial charge in [0, 0.05) is 57.2 Å². The summed E-state index contributed by atoms with van der Waals surface area (Å²) < 4.78 is 11.5. The predicted molar refractivity (Wildman–Crippen MR) is 111 cm³/mol. The van der Waals surface area contributed by atoms with E-state index in [0.717, 1.165) is 56.7 Å². The molecule has 2 aromatic heterocycles. The molecule has 2 aliphatic heterocycles. The largest absolute Gasteiger partial charge is 0.471 e. The van der Waals surface area contributed by atoms with Gasteiger partial charge in [0.05, 0.1) is 24.1 Å². The number of rotatable bonds is 5. The van der Waals surface area contributed by atoms with Crippen LogP contribution in [0, 0.1) is 0 Å². The van der Waals surface area contributed by atoms with Gasteiger partial charge in [0.1, 0.15) is 12.4 Å². The van der Waals surface area contributed by atoms with E-state index in [-0.39, 0.29) is 6.10 Å². The summed E-state index contributed by atoms with van der Waals surface area (Å²) in [7, 11) is 0. The Hall–Kier alpha value is -2.77. The molecule has 4 heterocycles. The zero-order valence-electron chi connectivity index (χ0n) is 16.4. The first kappa shape index (κ1) is 18.3. The van der Waals surface area contributed by atoms with Crippen LogP contribution in [0.4, 0.5) is 5.69 Å². The summed E-state index contributed by atoms with van der Waals surface area (Å²) in [6.07, 6.45) is 6.33. The average Bonchev–Trinajstić information content (AvgIpc) is 3.28. The van der Waals surface area contributed by atoms with Gasteiger partial charge in [-0.2, -0.15) is 0 Å². The van der Waals surface area contributed by atoms with Crippen LogP contribution in [0.5, 0.6) is 5.88 Å². The second-order valence-electron chi connectivity index (χ2n) is 7.61. The molecule has 1 atom stereocenters. The van der Waals surface area contributed by atoms with Crippen LogP contribution in [0.1, 0.15) is 12.0 Å². The maximum atomic E-state index is 6.11. The highest BCUT2D eigenvalue weighted by molar-refractivity contribution is 5.86. The second-order valence-corrected chi connectivity index (χ2v) is 7.61. The Labute approximate surface area is 170 Å². The standard InChI is InChI=1S/C22H25N5O2/c1-2-17(13-23-6-1)14-26-7-9-27(10-8-26)18-3-4-21-20(12-18)22(25-16-24-21)29-19-5-11-28-15-19/h1-4,6,12-13,16,19H,5,7-11,14-15H2. The van der Waals surface area contributed by atoms with Crippen molar-refractivity contribution in [2.45, 2.75) is 19.1 Å². The van der Waals surface area contributed by atoms with Crippen molar-refractivity contribution in [2.75, 3.05) is 44.3 Å². The fraction of sp³-hybridized carbons (Fsp3) is 0.409. The van der Waals surface area contributed by atoms with Crippen LogP contribution in [0.2, 0.25) is 0 Å². The lowest BCUT2D eigenvalue weighted by Crippen LogP contribution is -2.45. The van der Waals surface area contributed by atoms with Gasteiger partial charge in [0.25, 0.3) is 0 Å². The Bertz CT molecular complexity index is 954. The van der Waals surface area contributed by atoms with Gasteiger partial charge < -0.3 is 14.4 Å². The summed E-state index contributed by atoms with van der Waals surface area (Å²) in [5.41, 5.74) is 3.37. The van der Waals surface area contributed by atoms with Gasteiger partial charge in [-0.05, 0) is 29.8 Å². The smallest absolute Gasteiger partial charge is 0.224 e. The molecule has 2 aliphatic rings. The number of nitrogens with zero attached hydrogens (tertiary/aromatic N) is 5. The molecule has 150 valence electrons. The van der Waals surface area contributed by atoms with Gasteiger partial charge in [-0.1, -0.05) is 6.07 Å². The van der Waals surface area contributed by atoms with Crippen molar-refractivity contribution >= 4 is 16.6 Å². The Morgan fingerprint density at radius 3 is 2.83 bits per heavy atom. The third-order valence-corrected chi connectivity index (χ3v) is 5.61. The van der Waals surface area contributed by atoms with Crippen LogP contribution in [-0.4, -0.2) is 65.3 Å². The van der Waals surface area contributed by atoms with Crippen LogP contribution < -0.4 is 9.64 Å². The predicted octanol–water partition coefficient (Wildman–Crippen LogP) is 2.51. The fourth-order valence-electron chi connectivity index (χ4n) is 3.99. The number of hydrogen-bond donors (Lipinski definition) is 0. The minimum absolute atomic E-state index is 0.0766. The van der Waals surface area contributed by atoms with Crippen LogP contribution in [-0.2, 0) is 11.3 Å². The minimum Gasteiger partial charge on any atom is -0.471 e. The number of benzene rings is 1. The summed E-state index contributed by atoms with van der Waals surface area (Å²) in [5, 5.41) is 0.967. The molecule has 7 heteroatoms. The number of pyridine rings is 1. The van der Waals surface area contributed by atoms with E-state index in [1.54, 1.807) is 6.33 Å². The van der Waals surface area contributed by atoms with E-state index in [1.807, 2.05) is 18.5 Å². The third kappa shape index (κ3) is 4.16. The highest BCUT2D eigenvalue weighted by Gasteiger charge is 2.21. The van der Waals surface area contributed by atoms with Gasteiger partial charge >= 0.3 is 0 Å².